The molecule has 14 heavy (non-hydrogen) atoms. The molecule has 0 aromatic carbocycles. The highest BCUT2D eigenvalue weighted by Gasteiger charge is 2.19. The topological polar surface area (TPSA) is 56.7 Å². The highest BCUT2D eigenvalue weighted by Crippen LogP contribution is 2.25. The van der Waals surface area contributed by atoms with Crippen molar-refractivity contribution < 1.29 is 0 Å². The van der Waals surface area contributed by atoms with E-state index in [1.807, 2.05) is 13.2 Å². The summed E-state index contributed by atoms with van der Waals surface area (Å²) in [6.45, 7) is 0. The van der Waals surface area contributed by atoms with Gasteiger partial charge in [0.25, 0.3) is 0 Å². The zero-order chi connectivity index (χ0) is 9.97. The Morgan fingerprint density at radius 1 is 1.43 bits per heavy atom. The van der Waals surface area contributed by atoms with Crippen molar-refractivity contribution in [1.29, 1.82) is 0 Å². The van der Waals surface area contributed by atoms with Crippen LogP contribution in [0.2, 0.25) is 0 Å². The van der Waals surface area contributed by atoms with Crippen molar-refractivity contribution in [1.82, 2.24) is 15.0 Å². The Kier molecular flexibility index (Phi) is 2.82. The quantitative estimate of drug-likeness (QED) is 0.760. The molecule has 0 saturated heterocycles. The molecule has 4 nitrogen and oxygen atoms in total. The van der Waals surface area contributed by atoms with Crippen molar-refractivity contribution in [2.45, 2.75) is 38.1 Å². The van der Waals surface area contributed by atoms with E-state index in [0.29, 0.717) is 6.04 Å². The fourth-order valence-electron chi connectivity index (χ4n) is 2.18. The van der Waals surface area contributed by atoms with Crippen LogP contribution in [0.3, 0.4) is 0 Å². The first-order valence-electron chi connectivity index (χ1n) is 5.35. The molecule has 1 aromatic heterocycles. The lowest BCUT2D eigenvalue weighted by Crippen LogP contribution is -2.27. The molecular weight excluding hydrogens is 176 g/mol. The summed E-state index contributed by atoms with van der Waals surface area (Å²) in [5.41, 5.74) is 6.98. The minimum atomic E-state index is 0.438. The Balaban J connectivity index is 1.86. The first kappa shape index (κ1) is 9.65. The lowest BCUT2D eigenvalue weighted by molar-refractivity contribution is 0.323. The van der Waals surface area contributed by atoms with Gasteiger partial charge in [0.15, 0.2) is 0 Å². The monoisotopic (exact) mass is 194 g/mol. The van der Waals surface area contributed by atoms with Crippen molar-refractivity contribution in [3.8, 4) is 0 Å². The molecule has 0 radical (unpaired) electrons. The van der Waals surface area contributed by atoms with Crippen LogP contribution >= 0.6 is 0 Å². The summed E-state index contributed by atoms with van der Waals surface area (Å²) in [5, 5.41) is 8.05. The summed E-state index contributed by atoms with van der Waals surface area (Å²) in [5.74, 6) is 0.770. The van der Waals surface area contributed by atoms with Crippen LogP contribution in [0, 0.1) is 5.92 Å². The van der Waals surface area contributed by atoms with Gasteiger partial charge in [0.2, 0.25) is 0 Å². The summed E-state index contributed by atoms with van der Waals surface area (Å²) in [4.78, 5) is 0. The van der Waals surface area contributed by atoms with Gasteiger partial charge in [-0.2, -0.15) is 0 Å². The minimum absolute atomic E-state index is 0.438. The van der Waals surface area contributed by atoms with Crippen molar-refractivity contribution >= 4 is 0 Å². The Bertz CT molecular complexity index is 286. The van der Waals surface area contributed by atoms with Gasteiger partial charge in [-0.1, -0.05) is 5.21 Å². The second-order valence-corrected chi connectivity index (χ2v) is 4.37. The van der Waals surface area contributed by atoms with Gasteiger partial charge in [-0.25, -0.2) is 0 Å². The zero-order valence-electron chi connectivity index (χ0n) is 8.69. The average molecular weight is 194 g/mol. The Hall–Kier alpha value is -0.900. The molecule has 78 valence electrons. The third kappa shape index (κ3) is 2.32. The molecule has 0 aliphatic heterocycles. The maximum absolute atomic E-state index is 5.86. The van der Waals surface area contributed by atoms with E-state index in [-0.39, 0.29) is 0 Å². The first-order chi connectivity index (χ1) is 6.74. The van der Waals surface area contributed by atoms with Crippen molar-refractivity contribution in [3.63, 3.8) is 0 Å². The number of hydrogen-bond acceptors (Lipinski definition) is 3. The maximum atomic E-state index is 5.86. The van der Waals surface area contributed by atoms with E-state index in [1.54, 1.807) is 4.68 Å². The van der Waals surface area contributed by atoms with Gasteiger partial charge in [-0.05, 0) is 38.0 Å². The fraction of sp³-hybridized carbons (Fsp3) is 0.800. The predicted octanol–water partition coefficient (Wildman–Crippen LogP) is 0.875. The highest BCUT2D eigenvalue weighted by atomic mass is 15.4. The minimum Gasteiger partial charge on any atom is -0.328 e. The number of aryl methyl sites for hydroxylation is 1. The highest BCUT2D eigenvalue weighted by molar-refractivity contribution is 4.94. The van der Waals surface area contributed by atoms with Crippen molar-refractivity contribution in [3.05, 3.63) is 11.9 Å². The molecule has 1 fully saturated rings. The number of aromatic nitrogens is 3. The molecule has 0 bridgehead atoms. The lowest BCUT2D eigenvalue weighted by Gasteiger charge is -2.25. The summed E-state index contributed by atoms with van der Waals surface area (Å²) >= 11 is 0. The average Bonchev–Trinajstić information content (AvgIpc) is 2.56. The van der Waals surface area contributed by atoms with Gasteiger partial charge in [0.1, 0.15) is 0 Å². The van der Waals surface area contributed by atoms with Crippen molar-refractivity contribution in [2.75, 3.05) is 0 Å². The Morgan fingerprint density at radius 3 is 2.71 bits per heavy atom. The second-order valence-electron chi connectivity index (χ2n) is 4.37. The standard InChI is InChI=1S/C10H18N4/c1-14-7-10(12-13-14)6-8-2-4-9(11)5-3-8/h7-9H,2-6,11H2,1H3. The summed E-state index contributed by atoms with van der Waals surface area (Å²) in [7, 11) is 1.91. The second kappa shape index (κ2) is 4.09. The third-order valence-electron chi connectivity index (χ3n) is 3.04. The molecule has 1 aliphatic carbocycles. The van der Waals surface area contributed by atoms with Crippen LogP contribution < -0.4 is 5.73 Å². The molecular formula is C10H18N4. The van der Waals surface area contributed by atoms with Gasteiger partial charge in [0, 0.05) is 19.3 Å². The molecule has 0 amide bonds. The fourth-order valence-corrected chi connectivity index (χ4v) is 2.18. The van der Waals surface area contributed by atoms with Crippen LogP contribution in [-0.4, -0.2) is 21.0 Å². The normalized spacial score (nSPS) is 27.9. The summed E-state index contributed by atoms with van der Waals surface area (Å²) in [6, 6.07) is 0.438. The molecule has 0 unspecified atom stereocenters. The summed E-state index contributed by atoms with van der Waals surface area (Å²) in [6.07, 6.45) is 7.92. The van der Waals surface area contributed by atoms with Gasteiger partial charge in [0.05, 0.1) is 5.69 Å². The van der Waals surface area contributed by atoms with Gasteiger partial charge in [-0.15, -0.1) is 5.10 Å². The van der Waals surface area contributed by atoms with E-state index >= 15 is 0 Å². The summed E-state index contributed by atoms with van der Waals surface area (Å²) < 4.78 is 1.77. The van der Waals surface area contributed by atoms with Crippen LogP contribution in [-0.2, 0) is 13.5 Å². The van der Waals surface area contributed by atoms with Gasteiger partial charge < -0.3 is 5.73 Å². The lowest BCUT2D eigenvalue weighted by atomic mass is 9.84. The van der Waals surface area contributed by atoms with Crippen LogP contribution in [0.25, 0.3) is 0 Å². The van der Waals surface area contributed by atoms with E-state index in [2.05, 4.69) is 10.3 Å². The van der Waals surface area contributed by atoms with Gasteiger partial charge in [-0.3, -0.25) is 4.68 Å². The Morgan fingerprint density at radius 2 is 2.14 bits per heavy atom. The molecule has 2 N–H and O–H groups in total. The molecule has 0 spiro atoms. The largest absolute Gasteiger partial charge is 0.328 e. The van der Waals surface area contributed by atoms with Gasteiger partial charge >= 0.3 is 0 Å². The zero-order valence-corrected chi connectivity index (χ0v) is 8.69. The molecule has 4 heteroatoms. The van der Waals surface area contributed by atoms with E-state index in [9.17, 15) is 0 Å². The smallest absolute Gasteiger partial charge is 0.0829 e. The van der Waals surface area contributed by atoms with E-state index in [1.165, 1.54) is 25.7 Å². The third-order valence-corrected chi connectivity index (χ3v) is 3.04. The SMILES string of the molecule is Cn1cc(CC2CCC(N)CC2)nn1. The van der Waals surface area contributed by atoms with E-state index in [0.717, 1.165) is 18.0 Å². The molecule has 1 heterocycles. The van der Waals surface area contributed by atoms with E-state index < -0.39 is 0 Å². The number of nitrogens with two attached hydrogens (primary N) is 1. The van der Waals surface area contributed by atoms with Crippen molar-refractivity contribution in [2.24, 2.45) is 18.7 Å². The first-order valence-corrected chi connectivity index (χ1v) is 5.35. The molecule has 1 saturated carbocycles. The number of nitrogens with zero attached hydrogens (tertiary/aromatic N) is 3. The number of hydrogen-bond donors (Lipinski definition) is 1. The molecule has 1 aromatic rings. The van der Waals surface area contributed by atoms with Crippen LogP contribution in [0.4, 0.5) is 0 Å². The van der Waals surface area contributed by atoms with Crippen LogP contribution in [0.15, 0.2) is 6.20 Å². The maximum Gasteiger partial charge on any atom is 0.0829 e. The Labute approximate surface area is 84.5 Å². The predicted molar refractivity (Wildman–Crippen MR) is 54.6 cm³/mol. The molecule has 1 aliphatic rings. The van der Waals surface area contributed by atoms with Crippen LogP contribution in [0.1, 0.15) is 31.4 Å². The molecule has 0 atom stereocenters. The number of rotatable bonds is 2. The molecule has 2 rings (SSSR count). The van der Waals surface area contributed by atoms with E-state index in [4.69, 9.17) is 5.73 Å². The van der Waals surface area contributed by atoms with Crippen LogP contribution in [0.5, 0.6) is 0 Å².